The summed E-state index contributed by atoms with van der Waals surface area (Å²) < 4.78 is 6.46. The highest BCUT2D eigenvalue weighted by Crippen LogP contribution is 2.43. The Hall–Kier alpha value is -4.80. The van der Waals surface area contributed by atoms with Crippen molar-refractivity contribution in [3.63, 3.8) is 0 Å². The molecule has 13 heteroatoms. The van der Waals surface area contributed by atoms with E-state index in [2.05, 4.69) is 10.3 Å². The molecular formula is C30H23N5O6S2. The van der Waals surface area contributed by atoms with Crippen LogP contribution >= 0.6 is 23.1 Å². The molecule has 0 radical (unpaired) electrons. The van der Waals surface area contributed by atoms with Crippen LogP contribution in [0, 0.1) is 33.3 Å². The van der Waals surface area contributed by atoms with Gasteiger partial charge in [0.25, 0.3) is 11.6 Å². The Bertz CT molecular complexity index is 1820. The molecule has 216 valence electrons. The lowest BCUT2D eigenvalue weighted by molar-refractivity contribution is -0.387. The molecule has 4 aromatic rings. The highest BCUT2D eigenvalue weighted by molar-refractivity contribution is 8.01. The summed E-state index contributed by atoms with van der Waals surface area (Å²) in [5.41, 5.74) is 1.06. The lowest BCUT2D eigenvalue weighted by atomic mass is 9.81. The molecule has 1 aliphatic carbocycles. The molecule has 2 aromatic heterocycles. The summed E-state index contributed by atoms with van der Waals surface area (Å²) in [7, 11) is 0. The number of fused-ring (bicyclic) bond motifs is 2. The molecule has 3 heterocycles. The van der Waals surface area contributed by atoms with Gasteiger partial charge in [0.1, 0.15) is 17.4 Å². The number of rotatable bonds is 8. The van der Waals surface area contributed by atoms with Crippen molar-refractivity contribution in [1.82, 2.24) is 10.3 Å². The number of amides is 3. The second kappa shape index (κ2) is 11.8. The average Bonchev–Trinajstić information content (AvgIpc) is 3.73. The molecule has 2 aliphatic rings. The smallest absolute Gasteiger partial charge is 0.283 e. The fourth-order valence-corrected chi connectivity index (χ4v) is 7.57. The number of nitriles is 1. The summed E-state index contributed by atoms with van der Waals surface area (Å²) >= 11 is 2.42. The van der Waals surface area contributed by atoms with Crippen LogP contribution in [0.5, 0.6) is 0 Å². The number of benzene rings is 2. The first-order valence-electron chi connectivity index (χ1n) is 13.5. The molecule has 2 aromatic carbocycles. The first-order chi connectivity index (χ1) is 20.8. The number of thiazole rings is 1. The zero-order valence-corrected chi connectivity index (χ0v) is 24.2. The number of nitro benzene ring substituents is 1. The van der Waals surface area contributed by atoms with Gasteiger partial charge in [-0.3, -0.25) is 29.4 Å². The topological polar surface area (TPSA) is 159 Å². The van der Waals surface area contributed by atoms with Gasteiger partial charge in [-0.05, 0) is 60.9 Å². The molecule has 1 N–H and O–H groups in total. The summed E-state index contributed by atoms with van der Waals surface area (Å²) in [4.78, 5) is 56.2. The zero-order chi connectivity index (χ0) is 30.1. The summed E-state index contributed by atoms with van der Waals surface area (Å²) in [6.07, 6.45) is 6.13. The van der Waals surface area contributed by atoms with Crippen LogP contribution in [0.1, 0.15) is 37.0 Å². The number of hydrogen-bond donors (Lipinski definition) is 1. The van der Waals surface area contributed by atoms with Crippen molar-refractivity contribution in [2.75, 3.05) is 4.90 Å². The van der Waals surface area contributed by atoms with Crippen molar-refractivity contribution < 1.29 is 23.7 Å². The van der Waals surface area contributed by atoms with E-state index < -0.39 is 10.8 Å². The average molecular weight is 614 g/mol. The number of hydrogen-bond acceptors (Lipinski definition) is 10. The van der Waals surface area contributed by atoms with Crippen molar-refractivity contribution in [1.29, 1.82) is 5.26 Å². The Morgan fingerprint density at radius 2 is 1.95 bits per heavy atom. The quantitative estimate of drug-likeness (QED) is 0.0845. The zero-order valence-electron chi connectivity index (χ0n) is 22.5. The van der Waals surface area contributed by atoms with E-state index >= 15 is 0 Å². The van der Waals surface area contributed by atoms with Crippen molar-refractivity contribution >= 4 is 68.5 Å². The molecular weight excluding hydrogens is 590 g/mol. The predicted octanol–water partition coefficient (Wildman–Crippen LogP) is 5.85. The van der Waals surface area contributed by atoms with Gasteiger partial charge in [0.15, 0.2) is 4.34 Å². The minimum Gasteiger partial charge on any atom is -0.467 e. The van der Waals surface area contributed by atoms with Gasteiger partial charge in [0.2, 0.25) is 11.8 Å². The third kappa shape index (κ3) is 5.67. The highest BCUT2D eigenvalue weighted by Gasteiger charge is 2.48. The summed E-state index contributed by atoms with van der Waals surface area (Å²) in [5.74, 6) is -0.902. The second-order valence-corrected chi connectivity index (χ2v) is 12.5. The van der Waals surface area contributed by atoms with Crippen molar-refractivity contribution in [2.24, 2.45) is 11.8 Å². The Morgan fingerprint density at radius 1 is 1.19 bits per heavy atom. The molecule has 0 bridgehead atoms. The van der Waals surface area contributed by atoms with Gasteiger partial charge in [-0.15, -0.1) is 11.3 Å². The van der Waals surface area contributed by atoms with Crippen molar-refractivity contribution in [3.05, 3.63) is 81.8 Å². The highest BCUT2D eigenvalue weighted by atomic mass is 32.2. The molecule has 1 saturated carbocycles. The van der Waals surface area contributed by atoms with Gasteiger partial charge in [-0.1, -0.05) is 30.7 Å². The lowest BCUT2D eigenvalue weighted by Gasteiger charge is -2.19. The fraction of sp³-hybridized carbons (Fsp3) is 0.233. The van der Waals surface area contributed by atoms with Gasteiger partial charge in [0.05, 0.1) is 50.4 Å². The van der Waals surface area contributed by atoms with Gasteiger partial charge in [-0.25, -0.2) is 4.98 Å². The molecule has 2 fully saturated rings. The van der Waals surface area contributed by atoms with Gasteiger partial charge in [-0.2, -0.15) is 5.26 Å². The minimum atomic E-state index is -0.634. The fourth-order valence-electron chi connectivity index (χ4n) is 5.43. The van der Waals surface area contributed by atoms with Crippen LogP contribution in [0.25, 0.3) is 16.3 Å². The van der Waals surface area contributed by atoms with Crippen molar-refractivity contribution in [2.45, 2.75) is 41.5 Å². The van der Waals surface area contributed by atoms with E-state index in [0.29, 0.717) is 31.8 Å². The summed E-state index contributed by atoms with van der Waals surface area (Å²) in [6, 6.07) is 14.9. The van der Waals surface area contributed by atoms with E-state index in [0.717, 1.165) is 42.1 Å². The number of nitrogens with one attached hydrogen (secondary N) is 1. The Kier molecular flexibility index (Phi) is 7.79. The third-order valence-electron chi connectivity index (χ3n) is 7.51. The SMILES string of the molecule is N#C/C(=C\c1ccc(Sc2nc3ccc(N4C(=O)[C@H]5CCCC[C@@H]5C4=O)cc3s2)c([N+](=O)[O-])c1)C(=O)NCc1ccco1. The van der Waals surface area contributed by atoms with Crippen LogP contribution < -0.4 is 10.2 Å². The van der Waals surface area contributed by atoms with Crippen LogP contribution in [0.15, 0.2) is 74.0 Å². The summed E-state index contributed by atoms with van der Waals surface area (Å²) in [5, 5.41) is 24.0. The van der Waals surface area contributed by atoms with Crippen molar-refractivity contribution in [3.8, 4) is 6.07 Å². The van der Waals surface area contributed by atoms with E-state index in [1.54, 1.807) is 42.5 Å². The van der Waals surface area contributed by atoms with Crippen LogP contribution in [-0.2, 0) is 20.9 Å². The predicted molar refractivity (Wildman–Crippen MR) is 159 cm³/mol. The number of aromatic nitrogens is 1. The third-order valence-corrected chi connectivity index (χ3v) is 9.65. The minimum absolute atomic E-state index is 0.0932. The number of carbonyl (C=O) groups excluding carboxylic acids is 3. The monoisotopic (exact) mass is 613 g/mol. The first-order valence-corrected chi connectivity index (χ1v) is 15.1. The van der Waals surface area contributed by atoms with E-state index in [9.17, 15) is 29.8 Å². The number of anilines is 1. The number of furan rings is 1. The molecule has 3 amide bonds. The number of imide groups is 1. The molecule has 6 rings (SSSR count). The van der Waals surface area contributed by atoms with Crippen LogP contribution in [-0.4, -0.2) is 27.6 Å². The number of nitrogens with zero attached hydrogens (tertiary/aromatic N) is 4. The van der Waals surface area contributed by atoms with E-state index in [1.807, 2.05) is 6.07 Å². The Labute approximate surface area is 253 Å². The second-order valence-electron chi connectivity index (χ2n) is 10.2. The lowest BCUT2D eigenvalue weighted by Crippen LogP contribution is -2.30. The molecule has 43 heavy (non-hydrogen) atoms. The molecule has 11 nitrogen and oxygen atoms in total. The maximum atomic E-state index is 13.0. The van der Waals surface area contributed by atoms with Gasteiger partial charge in [0, 0.05) is 6.07 Å². The summed E-state index contributed by atoms with van der Waals surface area (Å²) in [6.45, 7) is 0.0932. The molecule has 2 atom stereocenters. The first kappa shape index (κ1) is 28.3. The number of carbonyl (C=O) groups is 3. The van der Waals surface area contributed by atoms with Gasteiger partial charge < -0.3 is 9.73 Å². The molecule has 0 spiro atoms. The van der Waals surface area contributed by atoms with E-state index in [-0.39, 0.29) is 41.5 Å². The molecule has 0 unspecified atom stereocenters. The molecule has 1 aliphatic heterocycles. The maximum absolute atomic E-state index is 13.0. The maximum Gasteiger partial charge on any atom is 0.283 e. The van der Waals surface area contributed by atoms with Gasteiger partial charge >= 0.3 is 0 Å². The van der Waals surface area contributed by atoms with Crippen LogP contribution in [0.4, 0.5) is 11.4 Å². The normalized spacial score (nSPS) is 18.5. The molecule has 1 saturated heterocycles. The Morgan fingerprint density at radius 3 is 2.63 bits per heavy atom. The number of nitro groups is 1. The van der Waals surface area contributed by atoms with E-state index in [1.165, 1.54) is 34.6 Å². The van der Waals surface area contributed by atoms with E-state index in [4.69, 9.17) is 4.42 Å². The largest absolute Gasteiger partial charge is 0.467 e. The Balaban J connectivity index is 1.21. The standard InChI is InChI=1S/C30H23N5O6S2/c31-15-18(27(36)32-16-20-4-3-11-41-20)12-17-7-10-25(24(13-17)35(39)40)42-30-33-23-9-8-19(14-26(23)43-30)34-28(37)21-5-1-2-6-22(21)29(34)38/h3-4,7-14,21-22H,1-2,5-6,16H2,(H,32,36)/b18-12+/t21-,22-/m0/s1. The van der Waals surface area contributed by atoms with Crippen LogP contribution in [0.3, 0.4) is 0 Å². The van der Waals surface area contributed by atoms with Crippen LogP contribution in [0.2, 0.25) is 0 Å².